The predicted molar refractivity (Wildman–Crippen MR) is 50.9 cm³/mol. The van der Waals surface area contributed by atoms with E-state index >= 15 is 0 Å². The Morgan fingerprint density at radius 3 is 3.07 bits per heavy atom. The molecule has 1 atom stereocenters. The van der Waals surface area contributed by atoms with Gasteiger partial charge in [-0.25, -0.2) is 0 Å². The topological polar surface area (TPSA) is 46.5 Å². The molecule has 1 N–H and O–H groups in total. The van der Waals surface area contributed by atoms with Gasteiger partial charge in [-0.3, -0.25) is 4.79 Å². The number of rotatable bonds is 1. The molecule has 0 spiro atoms. The Kier molecular flexibility index (Phi) is 2.15. The summed E-state index contributed by atoms with van der Waals surface area (Å²) in [5.74, 6) is -0.0662. The number of benzene rings is 1. The summed E-state index contributed by atoms with van der Waals surface area (Å²) in [5, 5.41) is 9.58. The van der Waals surface area contributed by atoms with Crippen LogP contribution in [0.2, 0.25) is 0 Å². The van der Waals surface area contributed by atoms with Crippen LogP contribution in [0.3, 0.4) is 0 Å². The molecule has 3 heteroatoms. The zero-order valence-corrected chi connectivity index (χ0v) is 7.99. The first-order valence-electron chi connectivity index (χ1n) is 4.72. The van der Waals surface area contributed by atoms with Crippen LogP contribution in [0.25, 0.3) is 0 Å². The molecule has 1 heterocycles. The van der Waals surface area contributed by atoms with Crippen LogP contribution in [-0.4, -0.2) is 11.1 Å². The molecule has 1 aliphatic rings. The molecule has 3 nitrogen and oxygen atoms in total. The molecular formula is C11H12O3. The second-order valence-corrected chi connectivity index (χ2v) is 3.41. The zero-order chi connectivity index (χ0) is 10.1. The number of hydrogen-bond donors (Lipinski definition) is 1. The van der Waals surface area contributed by atoms with E-state index in [4.69, 9.17) is 4.74 Å². The summed E-state index contributed by atoms with van der Waals surface area (Å²) in [6.45, 7) is 1.96. The number of hydrogen-bond acceptors (Lipinski definition) is 3. The van der Waals surface area contributed by atoms with E-state index in [0.29, 0.717) is 0 Å². The fraction of sp³-hybridized carbons (Fsp3) is 0.364. The third kappa shape index (κ3) is 1.35. The van der Waals surface area contributed by atoms with E-state index in [9.17, 15) is 9.90 Å². The van der Waals surface area contributed by atoms with E-state index in [-0.39, 0.29) is 24.2 Å². The fourth-order valence-electron chi connectivity index (χ4n) is 1.80. The number of esters is 1. The highest BCUT2D eigenvalue weighted by Gasteiger charge is 2.26. The second kappa shape index (κ2) is 3.33. The molecule has 0 saturated heterocycles. The Bertz CT molecular complexity index is 371. The molecule has 0 radical (unpaired) electrons. The average Bonchev–Trinajstić information content (AvgIpc) is 2.18. The van der Waals surface area contributed by atoms with Gasteiger partial charge in [0.05, 0.1) is 6.42 Å². The summed E-state index contributed by atoms with van der Waals surface area (Å²) >= 11 is 0. The van der Waals surface area contributed by atoms with Crippen molar-refractivity contribution in [3.8, 4) is 5.75 Å². The third-order valence-corrected chi connectivity index (χ3v) is 2.50. The first-order valence-corrected chi connectivity index (χ1v) is 4.72. The second-order valence-electron chi connectivity index (χ2n) is 3.41. The summed E-state index contributed by atoms with van der Waals surface area (Å²) in [6.07, 6.45) is 0.721. The smallest absolute Gasteiger partial charge is 0.311 e. The average molecular weight is 192 g/mol. The number of cyclic esters (lactones) is 1. The van der Waals surface area contributed by atoms with Gasteiger partial charge in [-0.15, -0.1) is 0 Å². The van der Waals surface area contributed by atoms with Gasteiger partial charge in [-0.2, -0.15) is 0 Å². The van der Waals surface area contributed by atoms with Crippen molar-refractivity contribution in [2.75, 3.05) is 0 Å². The molecule has 1 aromatic carbocycles. The molecule has 2 rings (SSSR count). The van der Waals surface area contributed by atoms with Crippen LogP contribution in [0.15, 0.2) is 18.2 Å². The van der Waals surface area contributed by atoms with Gasteiger partial charge in [0.1, 0.15) is 11.9 Å². The Hall–Kier alpha value is -1.51. The lowest BCUT2D eigenvalue weighted by Gasteiger charge is -2.24. The van der Waals surface area contributed by atoms with Gasteiger partial charge in [0.15, 0.2) is 0 Å². The minimum absolute atomic E-state index is 0.179. The Labute approximate surface area is 82.3 Å². The summed E-state index contributed by atoms with van der Waals surface area (Å²) in [4.78, 5) is 11.2. The van der Waals surface area contributed by atoms with Crippen LogP contribution >= 0.6 is 0 Å². The molecule has 74 valence electrons. The number of aromatic hydroxyl groups is 1. The SMILES string of the molecule is CCC1OC(=O)Cc2c(O)cccc21. The third-order valence-electron chi connectivity index (χ3n) is 2.50. The van der Waals surface area contributed by atoms with Crippen molar-refractivity contribution in [2.24, 2.45) is 0 Å². The predicted octanol–water partition coefficient (Wildman–Crippen LogP) is 1.94. The van der Waals surface area contributed by atoms with Gasteiger partial charge >= 0.3 is 5.97 Å². The van der Waals surface area contributed by atoms with E-state index in [1.165, 1.54) is 0 Å². The summed E-state index contributed by atoms with van der Waals surface area (Å²) in [6, 6.07) is 5.27. The van der Waals surface area contributed by atoms with E-state index < -0.39 is 0 Å². The van der Waals surface area contributed by atoms with Crippen molar-refractivity contribution in [3.63, 3.8) is 0 Å². The molecule has 1 aromatic rings. The summed E-state index contributed by atoms with van der Waals surface area (Å²) in [5.41, 5.74) is 1.66. The highest BCUT2D eigenvalue weighted by molar-refractivity contribution is 5.76. The van der Waals surface area contributed by atoms with Crippen LogP contribution in [0.5, 0.6) is 5.75 Å². The molecule has 1 unspecified atom stereocenters. The van der Waals surface area contributed by atoms with Crippen molar-refractivity contribution in [1.82, 2.24) is 0 Å². The lowest BCUT2D eigenvalue weighted by atomic mass is 9.95. The van der Waals surface area contributed by atoms with E-state index in [1.54, 1.807) is 12.1 Å². The summed E-state index contributed by atoms with van der Waals surface area (Å²) in [7, 11) is 0. The normalized spacial score (nSPS) is 20.1. The first-order chi connectivity index (χ1) is 6.72. The maximum Gasteiger partial charge on any atom is 0.311 e. The lowest BCUT2D eigenvalue weighted by molar-refractivity contribution is -0.150. The van der Waals surface area contributed by atoms with Crippen molar-refractivity contribution >= 4 is 5.97 Å². The molecule has 0 fully saturated rings. The zero-order valence-electron chi connectivity index (χ0n) is 7.99. The molecule has 1 aliphatic heterocycles. The molecule has 0 amide bonds. The maximum atomic E-state index is 11.2. The van der Waals surface area contributed by atoms with Crippen molar-refractivity contribution in [2.45, 2.75) is 25.9 Å². The number of carbonyl (C=O) groups is 1. The van der Waals surface area contributed by atoms with E-state index in [1.807, 2.05) is 13.0 Å². The minimum atomic E-state index is -0.258. The van der Waals surface area contributed by atoms with Crippen LogP contribution in [-0.2, 0) is 16.0 Å². The highest BCUT2D eigenvalue weighted by atomic mass is 16.5. The molecule has 0 bridgehead atoms. The molecule has 0 saturated carbocycles. The Morgan fingerprint density at radius 1 is 1.57 bits per heavy atom. The number of phenols is 1. The van der Waals surface area contributed by atoms with Gasteiger partial charge in [0.25, 0.3) is 0 Å². The number of fused-ring (bicyclic) bond motifs is 1. The van der Waals surface area contributed by atoms with Gasteiger partial charge in [0.2, 0.25) is 0 Å². The Morgan fingerprint density at radius 2 is 2.36 bits per heavy atom. The van der Waals surface area contributed by atoms with E-state index in [0.717, 1.165) is 17.5 Å². The van der Waals surface area contributed by atoms with Gasteiger partial charge in [0, 0.05) is 5.56 Å². The molecule has 0 aromatic heterocycles. The minimum Gasteiger partial charge on any atom is -0.508 e. The standard InChI is InChI=1S/C11H12O3/c1-2-10-7-4-3-5-9(12)8(7)6-11(13)14-10/h3-5,10,12H,2,6H2,1H3. The quantitative estimate of drug-likeness (QED) is 0.692. The maximum absolute atomic E-state index is 11.2. The van der Waals surface area contributed by atoms with Crippen molar-refractivity contribution < 1.29 is 14.6 Å². The van der Waals surface area contributed by atoms with Crippen molar-refractivity contribution in [1.29, 1.82) is 0 Å². The number of carbonyl (C=O) groups excluding carboxylic acids is 1. The van der Waals surface area contributed by atoms with Crippen LogP contribution in [0.1, 0.15) is 30.6 Å². The lowest BCUT2D eigenvalue weighted by Crippen LogP contribution is -2.21. The van der Waals surface area contributed by atoms with Gasteiger partial charge < -0.3 is 9.84 Å². The molecule has 14 heavy (non-hydrogen) atoms. The van der Waals surface area contributed by atoms with Gasteiger partial charge in [-0.1, -0.05) is 19.1 Å². The Balaban J connectivity index is 2.50. The van der Waals surface area contributed by atoms with Crippen molar-refractivity contribution in [3.05, 3.63) is 29.3 Å². The van der Waals surface area contributed by atoms with Crippen LogP contribution in [0.4, 0.5) is 0 Å². The first kappa shape index (κ1) is 9.06. The largest absolute Gasteiger partial charge is 0.508 e. The highest BCUT2D eigenvalue weighted by Crippen LogP contribution is 2.34. The number of phenolic OH excluding ortho intramolecular Hbond substituents is 1. The monoisotopic (exact) mass is 192 g/mol. The van der Waals surface area contributed by atoms with Gasteiger partial charge in [-0.05, 0) is 18.1 Å². The summed E-state index contributed by atoms with van der Waals surface area (Å²) < 4.78 is 5.17. The van der Waals surface area contributed by atoms with E-state index in [2.05, 4.69) is 0 Å². The molecular weight excluding hydrogens is 180 g/mol. The fourth-order valence-corrected chi connectivity index (χ4v) is 1.80. The molecule has 0 aliphatic carbocycles. The number of ether oxygens (including phenoxy) is 1. The van der Waals surface area contributed by atoms with Crippen LogP contribution in [0, 0.1) is 0 Å². The van der Waals surface area contributed by atoms with Crippen LogP contribution < -0.4 is 0 Å².